The number of likely N-dealkylation sites (N-methyl/N-ethyl adjacent to an activating group) is 1. The van der Waals surface area contributed by atoms with E-state index in [1.165, 1.54) is 24.3 Å². The Morgan fingerprint density at radius 3 is 2.09 bits per heavy atom. The van der Waals surface area contributed by atoms with Crippen molar-refractivity contribution in [3.63, 3.8) is 0 Å². The molecule has 0 bridgehead atoms. The van der Waals surface area contributed by atoms with E-state index in [1.54, 1.807) is 6.92 Å². The van der Waals surface area contributed by atoms with Gasteiger partial charge in [-0.25, -0.2) is 27.0 Å². The summed E-state index contributed by atoms with van der Waals surface area (Å²) in [6, 6.07) is 4.63. The number of benzene rings is 2. The number of carbonyl (C=O) groups excluding carboxylic acids is 2. The third-order valence-electron chi connectivity index (χ3n) is 4.56. The third-order valence-corrected chi connectivity index (χ3v) is 5.23. The molecule has 1 fully saturated rings. The molecule has 32 heavy (non-hydrogen) atoms. The second-order valence-corrected chi connectivity index (χ2v) is 7.37. The highest BCUT2D eigenvalue weighted by atomic mass is 35.5. The molecular formula is C19H14ClF5N4O2S. The van der Waals surface area contributed by atoms with Crippen LogP contribution in [0.1, 0.15) is 13.3 Å². The number of hydrogen-bond donors (Lipinski definition) is 2. The lowest BCUT2D eigenvalue weighted by Crippen LogP contribution is -2.42. The van der Waals surface area contributed by atoms with Crippen molar-refractivity contribution in [3.05, 3.63) is 58.4 Å². The summed E-state index contributed by atoms with van der Waals surface area (Å²) in [6.45, 7) is 1.60. The van der Waals surface area contributed by atoms with E-state index in [2.05, 4.69) is 5.32 Å². The first-order valence-electron chi connectivity index (χ1n) is 9.04. The third kappa shape index (κ3) is 4.32. The van der Waals surface area contributed by atoms with Crippen LogP contribution in [0.5, 0.6) is 0 Å². The van der Waals surface area contributed by atoms with Gasteiger partial charge < -0.3 is 5.32 Å². The summed E-state index contributed by atoms with van der Waals surface area (Å²) >= 11 is 10.9. The summed E-state index contributed by atoms with van der Waals surface area (Å²) in [5.74, 6) is -12.3. The maximum Gasteiger partial charge on any atom is 0.254 e. The zero-order valence-corrected chi connectivity index (χ0v) is 17.8. The first kappa shape index (κ1) is 23.7. The summed E-state index contributed by atoms with van der Waals surface area (Å²) in [4.78, 5) is 26.2. The quantitative estimate of drug-likeness (QED) is 0.274. The zero-order chi connectivity index (χ0) is 23.7. The second-order valence-electron chi connectivity index (χ2n) is 6.57. The van der Waals surface area contributed by atoms with E-state index in [-0.39, 0.29) is 11.7 Å². The van der Waals surface area contributed by atoms with E-state index in [1.807, 2.05) is 5.43 Å². The van der Waals surface area contributed by atoms with Crippen molar-refractivity contribution < 1.29 is 31.5 Å². The number of amides is 2. The van der Waals surface area contributed by atoms with Crippen molar-refractivity contribution in [2.75, 3.05) is 17.3 Å². The smallest absolute Gasteiger partial charge is 0.254 e. The van der Waals surface area contributed by atoms with Gasteiger partial charge in [0.15, 0.2) is 28.4 Å². The standard InChI is InChI=1S/C19H14ClF5N4O2S/c1-2-28-18(31)10(7-11(30)26-9-5-3-8(20)4-6-9)29(19(28)32)27-17-15(24)13(22)12(21)14(23)16(17)25/h3-6,10,27H,2,7H2,1H3,(H,26,30). The molecule has 0 aliphatic carbocycles. The van der Waals surface area contributed by atoms with Crippen LogP contribution in [0.2, 0.25) is 5.02 Å². The fourth-order valence-corrected chi connectivity index (χ4v) is 3.51. The number of halogens is 6. The Morgan fingerprint density at radius 1 is 1.03 bits per heavy atom. The van der Waals surface area contributed by atoms with Crippen molar-refractivity contribution >= 4 is 52.1 Å². The monoisotopic (exact) mass is 492 g/mol. The summed E-state index contributed by atoms with van der Waals surface area (Å²) in [7, 11) is 0. The van der Waals surface area contributed by atoms with Gasteiger partial charge in [0.05, 0.1) is 6.42 Å². The number of hydrazine groups is 1. The molecule has 1 saturated heterocycles. The molecule has 2 aromatic rings. The lowest BCUT2D eigenvalue weighted by atomic mass is 10.2. The van der Waals surface area contributed by atoms with Crippen molar-refractivity contribution in [1.29, 1.82) is 0 Å². The van der Waals surface area contributed by atoms with Crippen LogP contribution >= 0.6 is 23.8 Å². The maximum atomic E-state index is 14.1. The summed E-state index contributed by atoms with van der Waals surface area (Å²) < 4.78 is 68.7. The normalized spacial score (nSPS) is 16.0. The van der Waals surface area contributed by atoms with E-state index in [9.17, 15) is 31.5 Å². The van der Waals surface area contributed by atoms with Gasteiger partial charge in [-0.2, -0.15) is 0 Å². The largest absolute Gasteiger partial charge is 0.326 e. The van der Waals surface area contributed by atoms with Gasteiger partial charge in [-0.05, 0) is 43.4 Å². The number of hydrogen-bond acceptors (Lipinski definition) is 4. The highest BCUT2D eigenvalue weighted by molar-refractivity contribution is 7.80. The van der Waals surface area contributed by atoms with Gasteiger partial charge in [-0.15, -0.1) is 0 Å². The number of carbonyl (C=O) groups is 2. The minimum Gasteiger partial charge on any atom is -0.326 e. The van der Waals surface area contributed by atoms with E-state index in [0.29, 0.717) is 10.7 Å². The molecule has 1 aliphatic rings. The van der Waals surface area contributed by atoms with Crippen LogP contribution in [0.25, 0.3) is 0 Å². The Labute approximate surface area is 188 Å². The van der Waals surface area contributed by atoms with E-state index in [4.69, 9.17) is 23.8 Å². The fraction of sp³-hybridized carbons (Fsp3) is 0.211. The molecule has 2 N–H and O–H groups in total. The Kier molecular flexibility index (Phi) is 6.84. The molecule has 0 radical (unpaired) electrons. The van der Waals surface area contributed by atoms with Crippen LogP contribution in [0.15, 0.2) is 24.3 Å². The van der Waals surface area contributed by atoms with Gasteiger partial charge in [0.2, 0.25) is 11.7 Å². The van der Waals surface area contributed by atoms with E-state index >= 15 is 0 Å². The van der Waals surface area contributed by atoms with Crippen LogP contribution in [0, 0.1) is 29.1 Å². The zero-order valence-electron chi connectivity index (χ0n) is 16.2. The molecule has 6 nitrogen and oxygen atoms in total. The predicted octanol–water partition coefficient (Wildman–Crippen LogP) is 4.21. The highest BCUT2D eigenvalue weighted by Gasteiger charge is 2.44. The van der Waals surface area contributed by atoms with Crippen LogP contribution in [-0.2, 0) is 9.59 Å². The Balaban J connectivity index is 1.89. The highest BCUT2D eigenvalue weighted by Crippen LogP contribution is 2.30. The minimum absolute atomic E-state index is 0.0439. The summed E-state index contributed by atoms with van der Waals surface area (Å²) in [5, 5.41) is 3.36. The first-order valence-corrected chi connectivity index (χ1v) is 9.83. The lowest BCUT2D eigenvalue weighted by molar-refractivity contribution is -0.130. The lowest BCUT2D eigenvalue weighted by Gasteiger charge is -2.26. The Morgan fingerprint density at radius 2 is 1.56 bits per heavy atom. The first-order chi connectivity index (χ1) is 15.1. The van der Waals surface area contributed by atoms with Gasteiger partial charge >= 0.3 is 0 Å². The number of nitrogens with one attached hydrogen (secondary N) is 2. The molecule has 1 unspecified atom stereocenters. The van der Waals surface area contributed by atoms with E-state index < -0.39 is 59.1 Å². The van der Waals surface area contributed by atoms with E-state index in [0.717, 1.165) is 9.91 Å². The van der Waals surface area contributed by atoms with Gasteiger partial charge in [-0.1, -0.05) is 11.6 Å². The molecule has 2 amide bonds. The molecule has 0 spiro atoms. The van der Waals surface area contributed by atoms with Crippen molar-refractivity contribution in [3.8, 4) is 0 Å². The molecule has 0 aromatic heterocycles. The number of nitrogens with zero attached hydrogens (tertiary/aromatic N) is 2. The average molecular weight is 493 g/mol. The Bertz CT molecular complexity index is 1070. The molecule has 0 saturated carbocycles. The minimum atomic E-state index is -2.33. The van der Waals surface area contributed by atoms with Crippen LogP contribution in [0.3, 0.4) is 0 Å². The summed E-state index contributed by atoms with van der Waals surface area (Å²) in [5.41, 5.74) is 0.948. The van der Waals surface area contributed by atoms with Gasteiger partial charge in [-0.3, -0.25) is 19.9 Å². The number of rotatable bonds is 6. The Hall–Kier alpha value is -2.99. The summed E-state index contributed by atoms with van der Waals surface area (Å²) in [6.07, 6.45) is -0.541. The molecule has 13 heteroatoms. The van der Waals surface area contributed by atoms with Crippen molar-refractivity contribution in [2.24, 2.45) is 0 Å². The molecule has 1 heterocycles. The number of anilines is 2. The molecule has 1 aliphatic heterocycles. The molecule has 3 rings (SSSR count). The van der Waals surface area contributed by atoms with Crippen molar-refractivity contribution in [1.82, 2.24) is 9.91 Å². The molecular weight excluding hydrogens is 479 g/mol. The molecule has 170 valence electrons. The van der Waals surface area contributed by atoms with Crippen LogP contribution in [0.4, 0.5) is 33.3 Å². The van der Waals surface area contributed by atoms with Gasteiger partial charge in [0, 0.05) is 17.3 Å². The maximum absolute atomic E-state index is 14.1. The average Bonchev–Trinajstić information content (AvgIpc) is 2.98. The van der Waals surface area contributed by atoms with Gasteiger partial charge in [0.1, 0.15) is 11.7 Å². The fourth-order valence-electron chi connectivity index (χ4n) is 2.99. The predicted molar refractivity (Wildman–Crippen MR) is 110 cm³/mol. The second kappa shape index (κ2) is 9.25. The molecule has 2 aromatic carbocycles. The number of thiocarbonyl (C=S) groups is 1. The van der Waals surface area contributed by atoms with Crippen LogP contribution < -0.4 is 10.7 Å². The van der Waals surface area contributed by atoms with Crippen molar-refractivity contribution in [2.45, 2.75) is 19.4 Å². The van der Waals surface area contributed by atoms with Gasteiger partial charge in [0.25, 0.3) is 5.91 Å². The SMILES string of the molecule is CCN1C(=O)C(CC(=O)Nc2ccc(Cl)cc2)N(Nc2c(F)c(F)c(F)c(F)c2F)C1=S. The topological polar surface area (TPSA) is 64.7 Å². The molecule has 1 atom stereocenters. The van der Waals surface area contributed by atoms with Crippen LogP contribution in [-0.4, -0.2) is 39.4 Å².